The Kier molecular flexibility index (Phi) is 7.65. The van der Waals surface area contributed by atoms with Gasteiger partial charge in [0.1, 0.15) is 0 Å². The van der Waals surface area contributed by atoms with Crippen molar-refractivity contribution in [3.05, 3.63) is 34.9 Å². The molecule has 0 spiro atoms. The third kappa shape index (κ3) is 6.77. The molecule has 0 bridgehead atoms. The van der Waals surface area contributed by atoms with Crippen molar-refractivity contribution in [2.45, 2.75) is 13.5 Å². The number of morpholine rings is 1. The highest BCUT2D eigenvalue weighted by molar-refractivity contribution is 6.30. The third-order valence-electron chi connectivity index (χ3n) is 3.86. The highest BCUT2D eigenvalue weighted by Gasteiger charge is 2.13. The molecule has 128 valence electrons. The minimum Gasteiger partial charge on any atom is -0.379 e. The molecular weight excluding hydrogens is 312 g/mol. The summed E-state index contributed by atoms with van der Waals surface area (Å²) < 4.78 is 5.38. The van der Waals surface area contributed by atoms with Crippen molar-refractivity contribution in [1.82, 2.24) is 15.5 Å². The van der Waals surface area contributed by atoms with Crippen LogP contribution in [-0.4, -0.2) is 57.3 Å². The third-order valence-corrected chi connectivity index (χ3v) is 4.10. The Morgan fingerprint density at radius 2 is 2.13 bits per heavy atom. The maximum absolute atomic E-state index is 6.00. The van der Waals surface area contributed by atoms with Gasteiger partial charge in [0.15, 0.2) is 5.96 Å². The minimum absolute atomic E-state index is 0.554. The summed E-state index contributed by atoms with van der Waals surface area (Å²) in [5, 5.41) is 7.47. The number of hydrogen-bond acceptors (Lipinski definition) is 3. The first-order chi connectivity index (χ1) is 11.2. The van der Waals surface area contributed by atoms with Crippen molar-refractivity contribution >= 4 is 17.6 Å². The van der Waals surface area contributed by atoms with Crippen LogP contribution in [0.2, 0.25) is 5.02 Å². The maximum Gasteiger partial charge on any atom is 0.191 e. The number of nitrogens with zero attached hydrogens (tertiary/aromatic N) is 2. The zero-order valence-corrected chi connectivity index (χ0v) is 14.8. The van der Waals surface area contributed by atoms with Gasteiger partial charge in [-0.25, -0.2) is 0 Å². The van der Waals surface area contributed by atoms with Crippen LogP contribution in [0.4, 0.5) is 0 Å². The van der Waals surface area contributed by atoms with E-state index in [4.69, 9.17) is 16.3 Å². The first-order valence-electron chi connectivity index (χ1n) is 8.16. The largest absolute Gasteiger partial charge is 0.379 e. The van der Waals surface area contributed by atoms with Crippen LogP contribution in [0.25, 0.3) is 0 Å². The van der Waals surface area contributed by atoms with Gasteiger partial charge >= 0.3 is 0 Å². The van der Waals surface area contributed by atoms with Gasteiger partial charge in [0.2, 0.25) is 0 Å². The van der Waals surface area contributed by atoms with E-state index in [1.165, 1.54) is 0 Å². The van der Waals surface area contributed by atoms with Crippen molar-refractivity contribution in [2.75, 3.05) is 46.4 Å². The lowest BCUT2D eigenvalue weighted by Gasteiger charge is -2.29. The van der Waals surface area contributed by atoms with E-state index < -0.39 is 0 Å². The molecule has 1 aromatic carbocycles. The molecule has 0 amide bonds. The molecule has 0 radical (unpaired) electrons. The molecule has 6 heteroatoms. The van der Waals surface area contributed by atoms with Crippen molar-refractivity contribution in [3.63, 3.8) is 0 Å². The topological polar surface area (TPSA) is 48.9 Å². The Morgan fingerprint density at radius 3 is 2.83 bits per heavy atom. The summed E-state index contributed by atoms with van der Waals surface area (Å²) in [6, 6.07) is 7.85. The number of aliphatic imine (C=N–C) groups is 1. The normalized spacial score (nSPS) is 17.8. The van der Waals surface area contributed by atoms with Crippen molar-refractivity contribution in [2.24, 2.45) is 10.9 Å². The summed E-state index contributed by atoms with van der Waals surface area (Å²) in [4.78, 5) is 6.73. The molecule has 23 heavy (non-hydrogen) atoms. The molecule has 1 saturated heterocycles. The van der Waals surface area contributed by atoms with Crippen LogP contribution in [0.5, 0.6) is 0 Å². The van der Waals surface area contributed by atoms with E-state index in [-0.39, 0.29) is 0 Å². The number of nitrogens with one attached hydrogen (secondary N) is 2. The van der Waals surface area contributed by atoms with Gasteiger partial charge < -0.3 is 15.4 Å². The van der Waals surface area contributed by atoms with Gasteiger partial charge in [0.05, 0.1) is 13.2 Å². The Labute approximate surface area is 144 Å². The fourth-order valence-electron chi connectivity index (χ4n) is 2.61. The molecule has 0 aromatic heterocycles. The molecule has 1 aliphatic rings. The number of hydrogen-bond donors (Lipinski definition) is 2. The first-order valence-corrected chi connectivity index (χ1v) is 8.54. The Bertz CT molecular complexity index is 503. The summed E-state index contributed by atoms with van der Waals surface area (Å²) >= 11 is 6.00. The van der Waals surface area contributed by atoms with Crippen LogP contribution in [0, 0.1) is 5.92 Å². The summed E-state index contributed by atoms with van der Waals surface area (Å²) in [6.45, 7) is 8.71. The highest BCUT2D eigenvalue weighted by atomic mass is 35.5. The van der Waals surface area contributed by atoms with Crippen LogP contribution in [0.3, 0.4) is 0 Å². The second kappa shape index (κ2) is 9.75. The predicted molar refractivity (Wildman–Crippen MR) is 96.1 cm³/mol. The van der Waals surface area contributed by atoms with Crippen LogP contribution in [0.1, 0.15) is 12.5 Å². The maximum atomic E-state index is 6.00. The molecule has 2 N–H and O–H groups in total. The lowest BCUT2D eigenvalue weighted by Crippen LogP contribution is -2.43. The van der Waals surface area contributed by atoms with Gasteiger partial charge in [-0.15, -0.1) is 0 Å². The van der Waals surface area contributed by atoms with E-state index in [1.54, 1.807) is 7.05 Å². The second-order valence-electron chi connectivity index (χ2n) is 5.95. The number of guanidine groups is 1. The lowest BCUT2D eigenvalue weighted by molar-refractivity contribution is 0.0320. The van der Waals surface area contributed by atoms with Gasteiger partial charge in [-0.05, 0) is 23.6 Å². The van der Waals surface area contributed by atoms with Gasteiger partial charge in [-0.3, -0.25) is 9.89 Å². The van der Waals surface area contributed by atoms with Crippen molar-refractivity contribution in [3.8, 4) is 0 Å². The minimum atomic E-state index is 0.554. The lowest BCUT2D eigenvalue weighted by atomic mass is 10.1. The van der Waals surface area contributed by atoms with Crippen molar-refractivity contribution in [1.29, 1.82) is 0 Å². The summed E-state index contributed by atoms with van der Waals surface area (Å²) in [5.74, 6) is 1.37. The molecule has 5 nitrogen and oxygen atoms in total. The van der Waals surface area contributed by atoms with E-state index in [1.807, 2.05) is 24.3 Å². The van der Waals surface area contributed by atoms with Gasteiger partial charge in [0.25, 0.3) is 0 Å². The molecule has 1 fully saturated rings. The van der Waals surface area contributed by atoms with E-state index in [2.05, 4.69) is 27.4 Å². The fourth-order valence-corrected chi connectivity index (χ4v) is 2.83. The van der Waals surface area contributed by atoms with E-state index in [9.17, 15) is 0 Å². The highest BCUT2D eigenvalue weighted by Crippen LogP contribution is 2.10. The Balaban J connectivity index is 1.69. The molecule has 0 saturated carbocycles. The number of rotatable bonds is 6. The quantitative estimate of drug-likeness (QED) is 0.615. The number of ether oxygens (including phenoxy) is 1. The van der Waals surface area contributed by atoms with Gasteiger partial charge in [-0.2, -0.15) is 0 Å². The predicted octanol–water partition coefficient (Wildman–Crippen LogP) is 1.97. The molecule has 1 aromatic rings. The zero-order chi connectivity index (χ0) is 16.5. The van der Waals surface area contributed by atoms with Crippen LogP contribution in [0.15, 0.2) is 29.3 Å². The molecule has 1 heterocycles. The SMILES string of the molecule is CN=C(NCc1cccc(Cl)c1)NCC(C)CN1CCOCC1. The smallest absolute Gasteiger partial charge is 0.191 e. The molecule has 0 aliphatic carbocycles. The van der Waals surface area contributed by atoms with Crippen LogP contribution < -0.4 is 10.6 Å². The van der Waals surface area contributed by atoms with Crippen molar-refractivity contribution < 1.29 is 4.74 Å². The van der Waals surface area contributed by atoms with E-state index in [0.717, 1.165) is 55.9 Å². The second-order valence-corrected chi connectivity index (χ2v) is 6.39. The molecule has 1 aliphatic heterocycles. The summed E-state index contributed by atoms with van der Waals surface area (Å²) in [6.07, 6.45) is 0. The zero-order valence-electron chi connectivity index (χ0n) is 14.0. The number of benzene rings is 1. The Hall–Kier alpha value is -1.30. The molecule has 1 unspecified atom stereocenters. The van der Waals surface area contributed by atoms with Gasteiger partial charge in [0, 0.05) is 44.8 Å². The molecule has 2 rings (SSSR count). The Morgan fingerprint density at radius 1 is 1.35 bits per heavy atom. The first kappa shape index (κ1) is 18.0. The summed E-state index contributed by atoms with van der Waals surface area (Å²) in [5.41, 5.74) is 1.14. The van der Waals surface area contributed by atoms with Crippen LogP contribution >= 0.6 is 11.6 Å². The average Bonchev–Trinajstić information content (AvgIpc) is 2.56. The van der Waals surface area contributed by atoms with Gasteiger partial charge in [-0.1, -0.05) is 30.7 Å². The standard InChI is InChI=1S/C17H27ClN4O/c1-14(13-22-6-8-23-9-7-22)11-20-17(19-2)21-12-15-4-3-5-16(18)10-15/h3-5,10,14H,6-9,11-13H2,1-2H3,(H2,19,20,21). The van der Waals surface area contributed by atoms with E-state index >= 15 is 0 Å². The average molecular weight is 339 g/mol. The summed E-state index contributed by atoms with van der Waals surface area (Å²) in [7, 11) is 1.79. The molecule has 1 atom stereocenters. The monoisotopic (exact) mass is 338 g/mol. The molecular formula is C17H27ClN4O. The van der Waals surface area contributed by atoms with E-state index in [0.29, 0.717) is 12.5 Å². The van der Waals surface area contributed by atoms with Crippen LogP contribution in [-0.2, 0) is 11.3 Å². The number of halogens is 1. The fraction of sp³-hybridized carbons (Fsp3) is 0.588.